The number of fused-ring (bicyclic) bond motifs is 3. The molecule has 0 radical (unpaired) electrons. The first kappa shape index (κ1) is 28.4. The molecule has 0 bridgehead atoms. The van der Waals surface area contributed by atoms with Gasteiger partial charge in [-0.05, 0) is 65.5 Å². The molecule has 0 aromatic heterocycles. The monoisotopic (exact) mass is 503 g/mol. The van der Waals surface area contributed by atoms with E-state index in [1.54, 1.807) is 7.11 Å². The van der Waals surface area contributed by atoms with Crippen molar-refractivity contribution in [2.45, 2.75) is 104 Å². The molecule has 3 aliphatic carbocycles. The summed E-state index contributed by atoms with van der Waals surface area (Å²) in [6, 6.07) is 2.39. The minimum absolute atomic E-state index is 0.0773. The van der Waals surface area contributed by atoms with Gasteiger partial charge in [0.15, 0.2) is 5.41 Å². The lowest BCUT2D eigenvalue weighted by atomic mass is 9.45. The maximum atomic E-state index is 12.9. The third-order valence-corrected chi connectivity index (χ3v) is 16.8. The molecule has 198 valence electrons. The Hall–Kier alpha value is -1.16. The fraction of sp³-hybridized carbons (Fsp3) is 0.862. The van der Waals surface area contributed by atoms with Crippen molar-refractivity contribution in [1.82, 2.24) is 0 Å². The predicted molar refractivity (Wildman–Crippen MR) is 142 cm³/mol. The van der Waals surface area contributed by atoms with Gasteiger partial charge in [-0.15, -0.1) is 0 Å². The number of allylic oxidation sites excluding steroid dienone is 2. The number of hydrogen-bond acceptors (Lipinski definition) is 5. The molecule has 6 heteroatoms. The molecule has 2 saturated carbocycles. The van der Waals surface area contributed by atoms with E-state index in [0.717, 1.165) is 12.8 Å². The van der Waals surface area contributed by atoms with Crippen LogP contribution in [0.2, 0.25) is 16.6 Å². The van der Waals surface area contributed by atoms with E-state index in [1.807, 2.05) is 0 Å². The fourth-order valence-corrected chi connectivity index (χ4v) is 14.7. The zero-order valence-corrected chi connectivity index (χ0v) is 24.8. The van der Waals surface area contributed by atoms with Crippen LogP contribution < -0.4 is 0 Å². The minimum Gasteiger partial charge on any atom is -0.468 e. The largest absolute Gasteiger partial charge is 0.468 e. The van der Waals surface area contributed by atoms with Crippen molar-refractivity contribution in [2.24, 2.45) is 34.0 Å². The van der Waals surface area contributed by atoms with Gasteiger partial charge in [-0.1, -0.05) is 67.5 Å². The van der Waals surface area contributed by atoms with Crippen molar-refractivity contribution >= 4 is 14.3 Å². The average Bonchev–Trinajstić information content (AvgIpc) is 3.14. The molecule has 3 aliphatic rings. The molecule has 35 heavy (non-hydrogen) atoms. The summed E-state index contributed by atoms with van der Waals surface area (Å²) >= 11 is 0. The molecule has 0 spiro atoms. The van der Waals surface area contributed by atoms with E-state index < -0.39 is 19.7 Å². The number of carbonyl (C=O) groups is 1. The van der Waals surface area contributed by atoms with Crippen LogP contribution in [0.15, 0.2) is 12.2 Å². The maximum absolute atomic E-state index is 12.9. The van der Waals surface area contributed by atoms with E-state index in [9.17, 15) is 10.1 Å². The molecule has 3 rings (SSSR count). The number of ether oxygens (including phenoxy) is 2. The molecule has 1 unspecified atom stereocenters. The van der Waals surface area contributed by atoms with Gasteiger partial charge in [0, 0.05) is 18.6 Å². The molecule has 7 atom stereocenters. The van der Waals surface area contributed by atoms with Gasteiger partial charge in [0.2, 0.25) is 8.32 Å². The second-order valence-electron chi connectivity index (χ2n) is 13.0. The van der Waals surface area contributed by atoms with Crippen LogP contribution in [0.3, 0.4) is 0 Å². The number of methoxy groups -OCH3 is 2. The highest BCUT2D eigenvalue weighted by Gasteiger charge is 2.69. The van der Waals surface area contributed by atoms with Gasteiger partial charge in [0.05, 0.1) is 19.8 Å². The lowest BCUT2D eigenvalue weighted by Gasteiger charge is -2.61. The number of hydrogen-bond donors (Lipinski definition) is 0. The Bertz CT molecular complexity index is 841. The quantitative estimate of drug-likeness (QED) is 0.205. The van der Waals surface area contributed by atoms with E-state index >= 15 is 0 Å². The third kappa shape index (κ3) is 4.05. The van der Waals surface area contributed by atoms with Crippen LogP contribution >= 0.6 is 0 Å². The van der Waals surface area contributed by atoms with Crippen LogP contribution in [0, 0.1) is 45.3 Å². The van der Waals surface area contributed by atoms with E-state index in [-0.39, 0.29) is 22.9 Å². The molecule has 2 fully saturated rings. The number of rotatable bonds is 8. The van der Waals surface area contributed by atoms with Crippen molar-refractivity contribution in [3.8, 4) is 6.07 Å². The van der Waals surface area contributed by atoms with Crippen molar-refractivity contribution in [2.75, 3.05) is 20.8 Å². The molecule has 0 amide bonds. The first-order valence-electron chi connectivity index (χ1n) is 13.7. The Kier molecular flexibility index (Phi) is 8.08. The van der Waals surface area contributed by atoms with Gasteiger partial charge >= 0.3 is 5.97 Å². The molecular formula is C29H49NO4Si. The molecule has 0 saturated heterocycles. The summed E-state index contributed by atoms with van der Waals surface area (Å²) in [5, 5.41) is 10.2. The van der Waals surface area contributed by atoms with Crippen molar-refractivity contribution < 1.29 is 18.7 Å². The summed E-state index contributed by atoms with van der Waals surface area (Å²) in [6.07, 6.45) is 7.96. The van der Waals surface area contributed by atoms with Crippen LogP contribution in [-0.4, -0.2) is 41.2 Å². The van der Waals surface area contributed by atoms with Gasteiger partial charge in [-0.3, -0.25) is 4.79 Å². The van der Waals surface area contributed by atoms with Crippen LogP contribution in [0.5, 0.6) is 0 Å². The van der Waals surface area contributed by atoms with E-state index in [0.29, 0.717) is 47.9 Å². The SMILES string of the molecule is COC[C@@]12C[C@](C#N)(C(=O)OC)C[C@@H]1C=CC1[C@H](C)[C@@H](O[Si](C(C)C)(C(C)C)C(C)C)CC[C@@]12C. The number of nitriles is 1. The highest BCUT2D eigenvalue weighted by Crippen LogP contribution is 2.70. The van der Waals surface area contributed by atoms with E-state index in [4.69, 9.17) is 13.9 Å². The summed E-state index contributed by atoms with van der Waals surface area (Å²) in [4.78, 5) is 12.9. The summed E-state index contributed by atoms with van der Waals surface area (Å²) in [6.45, 7) is 19.4. The molecule has 0 aromatic carbocycles. The molecule has 0 aliphatic heterocycles. The topological polar surface area (TPSA) is 68.5 Å². The Morgan fingerprint density at radius 1 is 1.11 bits per heavy atom. The number of carbonyl (C=O) groups excluding carboxylic acids is 1. The summed E-state index contributed by atoms with van der Waals surface area (Å²) in [5.41, 5.74) is 0.214. The highest BCUT2D eigenvalue weighted by molar-refractivity contribution is 6.77. The molecular weight excluding hydrogens is 454 g/mol. The van der Waals surface area contributed by atoms with Gasteiger partial charge in [0.25, 0.3) is 0 Å². The Morgan fingerprint density at radius 2 is 1.71 bits per heavy atom. The normalized spacial score (nSPS) is 39.0. The Morgan fingerprint density at radius 3 is 2.20 bits per heavy atom. The summed E-state index contributed by atoms with van der Waals surface area (Å²) < 4.78 is 18.4. The maximum Gasteiger partial charge on any atom is 0.326 e. The van der Waals surface area contributed by atoms with E-state index in [2.05, 4.69) is 73.6 Å². The standard InChI is InChI=1S/C29H49NO4Si/c1-19(2)35(20(3)4,21(5)6)34-25-13-14-27(8)24(22(25)7)12-11-23-15-28(17-30,26(31)33-10)16-29(23,27)18-32-9/h11-12,19-25H,13-16,18H2,1-10H3/t22-,23-,24?,25-,27-,28+,29-/m0/s1. The van der Waals surface area contributed by atoms with Crippen LogP contribution in [0.25, 0.3) is 0 Å². The fourth-order valence-electron chi connectivity index (χ4n) is 8.99. The summed E-state index contributed by atoms with van der Waals surface area (Å²) in [5.74, 6) is 0.406. The second-order valence-corrected chi connectivity index (χ2v) is 18.4. The third-order valence-electron chi connectivity index (χ3n) is 10.7. The smallest absolute Gasteiger partial charge is 0.326 e. The Labute approximate surface area is 215 Å². The van der Waals surface area contributed by atoms with Crippen LogP contribution in [-0.2, 0) is 18.7 Å². The van der Waals surface area contributed by atoms with Gasteiger partial charge in [-0.2, -0.15) is 5.26 Å². The van der Waals surface area contributed by atoms with E-state index in [1.165, 1.54) is 7.11 Å². The Balaban J connectivity index is 2.01. The first-order valence-corrected chi connectivity index (χ1v) is 15.8. The number of esters is 1. The van der Waals surface area contributed by atoms with Gasteiger partial charge < -0.3 is 13.9 Å². The molecule has 0 aromatic rings. The molecule has 5 nitrogen and oxygen atoms in total. The van der Waals surface area contributed by atoms with Crippen molar-refractivity contribution in [3.63, 3.8) is 0 Å². The lowest BCUT2D eigenvalue weighted by Crippen LogP contribution is -2.59. The molecule has 0 heterocycles. The minimum atomic E-state index is -2.00. The lowest BCUT2D eigenvalue weighted by molar-refractivity contribution is -0.153. The zero-order valence-electron chi connectivity index (χ0n) is 23.8. The highest BCUT2D eigenvalue weighted by atomic mass is 28.4. The first-order chi connectivity index (χ1) is 16.3. The van der Waals surface area contributed by atoms with Crippen molar-refractivity contribution in [1.29, 1.82) is 5.26 Å². The van der Waals surface area contributed by atoms with Crippen LogP contribution in [0.4, 0.5) is 0 Å². The van der Waals surface area contributed by atoms with Crippen molar-refractivity contribution in [3.05, 3.63) is 12.2 Å². The second kappa shape index (κ2) is 9.95. The summed E-state index contributed by atoms with van der Waals surface area (Å²) in [7, 11) is 1.14. The average molecular weight is 504 g/mol. The van der Waals surface area contributed by atoms with Gasteiger partial charge in [0.1, 0.15) is 0 Å². The predicted octanol–water partition coefficient (Wildman–Crippen LogP) is 6.90. The molecule has 0 N–H and O–H groups in total. The van der Waals surface area contributed by atoms with Gasteiger partial charge in [-0.25, -0.2) is 0 Å². The van der Waals surface area contributed by atoms with Crippen LogP contribution in [0.1, 0.15) is 81.1 Å². The number of nitrogens with zero attached hydrogens (tertiary/aromatic N) is 1. The zero-order chi connectivity index (χ0) is 26.4.